The standard InChI is InChI=1S/C8H6F2O3.C2H6/c9-8(10)13-6-3-1-5(2-4-6)7(11)12;1-2/h1-4,8H,(H,11,12);1-2H3. The fourth-order valence-corrected chi connectivity index (χ4v) is 0.779. The van der Waals surface area contributed by atoms with E-state index in [2.05, 4.69) is 4.74 Å². The second kappa shape index (κ2) is 6.75. The van der Waals surface area contributed by atoms with Crippen molar-refractivity contribution in [1.82, 2.24) is 0 Å². The zero-order valence-electron chi connectivity index (χ0n) is 8.41. The van der Waals surface area contributed by atoms with Gasteiger partial charge >= 0.3 is 12.6 Å². The molecule has 1 N–H and O–H groups in total. The molecule has 0 saturated carbocycles. The van der Waals surface area contributed by atoms with E-state index in [-0.39, 0.29) is 11.3 Å². The van der Waals surface area contributed by atoms with Crippen LogP contribution in [0.4, 0.5) is 8.78 Å². The van der Waals surface area contributed by atoms with Gasteiger partial charge in [-0.25, -0.2) is 4.79 Å². The summed E-state index contributed by atoms with van der Waals surface area (Å²) < 4.78 is 27.3. The number of carboxylic acid groups (broad SMARTS) is 1. The van der Waals surface area contributed by atoms with Crippen molar-refractivity contribution >= 4 is 5.97 Å². The molecule has 1 aromatic carbocycles. The van der Waals surface area contributed by atoms with Gasteiger partial charge in [0.15, 0.2) is 0 Å². The lowest BCUT2D eigenvalue weighted by atomic mass is 10.2. The van der Waals surface area contributed by atoms with Gasteiger partial charge in [0.05, 0.1) is 5.56 Å². The summed E-state index contributed by atoms with van der Waals surface area (Å²) in [6, 6.07) is 4.74. The number of aromatic carboxylic acids is 1. The van der Waals surface area contributed by atoms with Crippen molar-refractivity contribution in [2.75, 3.05) is 0 Å². The van der Waals surface area contributed by atoms with Gasteiger partial charge in [-0.1, -0.05) is 13.8 Å². The number of rotatable bonds is 3. The van der Waals surface area contributed by atoms with Gasteiger partial charge in [0.2, 0.25) is 0 Å². The Balaban J connectivity index is 0.000000921. The number of hydrogen-bond donors (Lipinski definition) is 1. The second-order valence-corrected chi connectivity index (χ2v) is 2.21. The number of carbonyl (C=O) groups is 1. The Bertz CT molecular complexity index is 296. The number of benzene rings is 1. The molecule has 0 aliphatic carbocycles. The van der Waals surface area contributed by atoms with E-state index >= 15 is 0 Å². The van der Waals surface area contributed by atoms with E-state index in [1.807, 2.05) is 13.8 Å². The van der Waals surface area contributed by atoms with Crippen LogP contribution in [0, 0.1) is 0 Å². The summed E-state index contributed by atoms with van der Waals surface area (Å²) in [7, 11) is 0. The molecule has 3 nitrogen and oxygen atoms in total. The van der Waals surface area contributed by atoms with Crippen molar-refractivity contribution < 1.29 is 23.4 Å². The Morgan fingerprint density at radius 2 is 1.73 bits per heavy atom. The van der Waals surface area contributed by atoms with Gasteiger partial charge in [-0.3, -0.25) is 0 Å². The molecule has 0 heterocycles. The molecule has 0 saturated heterocycles. The number of halogens is 2. The van der Waals surface area contributed by atoms with Gasteiger partial charge in [-0.05, 0) is 24.3 Å². The first-order chi connectivity index (χ1) is 7.09. The lowest BCUT2D eigenvalue weighted by Gasteiger charge is -2.03. The average molecular weight is 218 g/mol. The number of ether oxygens (including phenoxy) is 1. The maximum absolute atomic E-state index is 11.6. The minimum absolute atomic E-state index is 0.0293. The number of hydrogen-bond acceptors (Lipinski definition) is 2. The minimum Gasteiger partial charge on any atom is -0.478 e. The molecule has 5 heteroatoms. The molecule has 0 aliphatic heterocycles. The summed E-state index contributed by atoms with van der Waals surface area (Å²) in [6.07, 6.45) is 0. The van der Waals surface area contributed by atoms with E-state index in [9.17, 15) is 13.6 Å². The molecule has 0 amide bonds. The van der Waals surface area contributed by atoms with Crippen LogP contribution in [-0.4, -0.2) is 17.7 Å². The minimum atomic E-state index is -2.89. The summed E-state index contributed by atoms with van der Waals surface area (Å²) >= 11 is 0. The Morgan fingerprint density at radius 1 is 1.27 bits per heavy atom. The van der Waals surface area contributed by atoms with E-state index < -0.39 is 12.6 Å². The smallest absolute Gasteiger partial charge is 0.387 e. The molecular formula is C10H12F2O3. The highest BCUT2D eigenvalue weighted by Gasteiger charge is 2.05. The fourth-order valence-electron chi connectivity index (χ4n) is 0.779. The van der Waals surface area contributed by atoms with Crippen LogP contribution >= 0.6 is 0 Å². The molecular weight excluding hydrogens is 206 g/mol. The third kappa shape index (κ3) is 4.95. The van der Waals surface area contributed by atoms with E-state index in [1.54, 1.807) is 0 Å². The normalized spacial score (nSPS) is 9.13. The Kier molecular flexibility index (Phi) is 6.01. The zero-order chi connectivity index (χ0) is 11.8. The van der Waals surface area contributed by atoms with Gasteiger partial charge in [-0.15, -0.1) is 0 Å². The van der Waals surface area contributed by atoms with Crippen molar-refractivity contribution in [3.63, 3.8) is 0 Å². The highest BCUT2D eigenvalue weighted by atomic mass is 19.3. The van der Waals surface area contributed by atoms with Crippen LogP contribution < -0.4 is 4.74 Å². The molecule has 1 aromatic rings. The molecule has 0 unspecified atom stereocenters. The van der Waals surface area contributed by atoms with Gasteiger partial charge in [0, 0.05) is 0 Å². The fraction of sp³-hybridized carbons (Fsp3) is 0.300. The number of alkyl halides is 2. The van der Waals surface area contributed by atoms with Crippen molar-refractivity contribution in [3.8, 4) is 5.75 Å². The SMILES string of the molecule is CC.O=C(O)c1ccc(OC(F)F)cc1. The van der Waals surface area contributed by atoms with Crippen molar-refractivity contribution in [2.45, 2.75) is 20.5 Å². The lowest BCUT2D eigenvalue weighted by molar-refractivity contribution is -0.0498. The molecule has 0 atom stereocenters. The molecule has 1 rings (SSSR count). The van der Waals surface area contributed by atoms with E-state index in [0.717, 1.165) is 0 Å². The Hall–Kier alpha value is -1.65. The van der Waals surface area contributed by atoms with Crippen molar-refractivity contribution in [1.29, 1.82) is 0 Å². The van der Waals surface area contributed by atoms with Crippen LogP contribution in [0.5, 0.6) is 5.75 Å². The first kappa shape index (κ1) is 13.4. The summed E-state index contributed by atoms with van der Waals surface area (Å²) in [5, 5.41) is 8.47. The monoisotopic (exact) mass is 218 g/mol. The summed E-state index contributed by atoms with van der Waals surface area (Å²) in [5.74, 6) is -1.16. The molecule has 0 aromatic heterocycles. The number of carboxylic acids is 1. The summed E-state index contributed by atoms with van der Waals surface area (Å²) in [4.78, 5) is 10.3. The van der Waals surface area contributed by atoms with E-state index in [4.69, 9.17) is 5.11 Å². The molecule has 0 spiro atoms. The van der Waals surface area contributed by atoms with Crippen molar-refractivity contribution in [2.24, 2.45) is 0 Å². The van der Waals surface area contributed by atoms with Gasteiger partial charge < -0.3 is 9.84 Å². The molecule has 0 fully saturated rings. The summed E-state index contributed by atoms with van der Waals surface area (Å²) in [6.45, 7) is 1.11. The molecule has 0 aliphatic rings. The first-order valence-corrected chi connectivity index (χ1v) is 4.38. The first-order valence-electron chi connectivity index (χ1n) is 4.38. The second-order valence-electron chi connectivity index (χ2n) is 2.21. The van der Waals surface area contributed by atoms with Gasteiger partial charge in [0.25, 0.3) is 0 Å². The van der Waals surface area contributed by atoms with Gasteiger partial charge in [0.1, 0.15) is 5.75 Å². The summed E-state index contributed by atoms with van der Waals surface area (Å²) in [5.41, 5.74) is 0.0293. The third-order valence-corrected chi connectivity index (χ3v) is 1.33. The zero-order valence-corrected chi connectivity index (χ0v) is 8.41. The van der Waals surface area contributed by atoms with Crippen LogP contribution in [0.2, 0.25) is 0 Å². The largest absolute Gasteiger partial charge is 0.478 e. The van der Waals surface area contributed by atoms with Crippen LogP contribution in [0.15, 0.2) is 24.3 Å². The van der Waals surface area contributed by atoms with E-state index in [1.165, 1.54) is 24.3 Å². The Labute approximate surface area is 86.3 Å². The van der Waals surface area contributed by atoms with Crippen LogP contribution in [0.1, 0.15) is 24.2 Å². The molecule has 0 bridgehead atoms. The lowest BCUT2D eigenvalue weighted by Crippen LogP contribution is -2.02. The quantitative estimate of drug-likeness (QED) is 0.848. The predicted molar refractivity (Wildman–Crippen MR) is 51.4 cm³/mol. The molecule has 0 radical (unpaired) electrons. The average Bonchev–Trinajstić information content (AvgIpc) is 2.20. The van der Waals surface area contributed by atoms with Crippen LogP contribution in [-0.2, 0) is 0 Å². The van der Waals surface area contributed by atoms with Crippen LogP contribution in [0.25, 0.3) is 0 Å². The maximum atomic E-state index is 11.6. The van der Waals surface area contributed by atoms with Crippen LogP contribution in [0.3, 0.4) is 0 Å². The Morgan fingerprint density at radius 3 is 2.07 bits per heavy atom. The predicted octanol–water partition coefficient (Wildman–Crippen LogP) is 3.01. The van der Waals surface area contributed by atoms with E-state index in [0.29, 0.717) is 0 Å². The highest BCUT2D eigenvalue weighted by Crippen LogP contribution is 2.14. The third-order valence-electron chi connectivity index (χ3n) is 1.33. The highest BCUT2D eigenvalue weighted by molar-refractivity contribution is 5.87. The molecule has 84 valence electrons. The van der Waals surface area contributed by atoms with Gasteiger partial charge in [-0.2, -0.15) is 8.78 Å². The topological polar surface area (TPSA) is 46.5 Å². The maximum Gasteiger partial charge on any atom is 0.387 e. The van der Waals surface area contributed by atoms with Crippen molar-refractivity contribution in [3.05, 3.63) is 29.8 Å². The molecule has 15 heavy (non-hydrogen) atoms.